The number of carbonyl (C=O) groups is 1. The molecule has 5 nitrogen and oxygen atoms in total. The minimum Gasteiger partial charge on any atom is -0.273 e. The van der Waals surface area contributed by atoms with Gasteiger partial charge in [-0.2, -0.15) is 0 Å². The predicted molar refractivity (Wildman–Crippen MR) is 56.9 cm³/mol. The zero-order valence-electron chi connectivity index (χ0n) is 8.80. The van der Waals surface area contributed by atoms with Crippen LogP contribution in [0.3, 0.4) is 0 Å². The summed E-state index contributed by atoms with van der Waals surface area (Å²) in [7, 11) is -3.76. The fraction of sp³-hybridized carbons (Fsp3) is 0.400. The number of sulfonamides is 1. The predicted octanol–water partition coefficient (Wildman–Crippen LogP) is 0.687. The Kier molecular flexibility index (Phi) is 2.46. The minimum atomic E-state index is -3.76. The second-order valence-electron chi connectivity index (χ2n) is 4.18. The van der Waals surface area contributed by atoms with Crippen LogP contribution in [0, 0.1) is 5.41 Å². The van der Waals surface area contributed by atoms with Crippen LogP contribution in [-0.2, 0) is 14.8 Å². The molecule has 86 valence electrons. The number of amides is 1. The van der Waals surface area contributed by atoms with Gasteiger partial charge in [0.15, 0.2) is 0 Å². The van der Waals surface area contributed by atoms with Crippen molar-refractivity contribution in [3.8, 4) is 0 Å². The Balaban J connectivity index is 2.18. The minimum absolute atomic E-state index is 0.00704. The first-order valence-electron chi connectivity index (χ1n) is 4.91. The Labute approximate surface area is 93.9 Å². The lowest BCUT2D eigenvalue weighted by Gasteiger charge is -2.10. The smallest absolute Gasteiger partial charge is 0.265 e. The molecule has 0 saturated heterocycles. The first kappa shape index (κ1) is 11.1. The van der Waals surface area contributed by atoms with Crippen molar-refractivity contribution < 1.29 is 13.2 Å². The van der Waals surface area contributed by atoms with Crippen LogP contribution in [0.25, 0.3) is 0 Å². The van der Waals surface area contributed by atoms with Crippen molar-refractivity contribution in [3.63, 3.8) is 0 Å². The van der Waals surface area contributed by atoms with Crippen molar-refractivity contribution in [2.24, 2.45) is 5.41 Å². The molecule has 1 aliphatic rings. The van der Waals surface area contributed by atoms with Crippen LogP contribution < -0.4 is 4.72 Å². The van der Waals surface area contributed by atoms with E-state index in [1.165, 1.54) is 24.5 Å². The van der Waals surface area contributed by atoms with Gasteiger partial charge in [0.1, 0.15) is 4.90 Å². The van der Waals surface area contributed by atoms with E-state index in [0.717, 1.165) is 12.8 Å². The highest BCUT2D eigenvalue weighted by Gasteiger charge is 2.46. The highest BCUT2D eigenvalue weighted by molar-refractivity contribution is 7.90. The molecule has 0 atom stereocenters. The normalized spacial score (nSPS) is 17.8. The Bertz CT molecular complexity index is 506. The van der Waals surface area contributed by atoms with Gasteiger partial charge in [-0.3, -0.25) is 9.78 Å². The van der Waals surface area contributed by atoms with E-state index in [0.29, 0.717) is 0 Å². The van der Waals surface area contributed by atoms with Crippen LogP contribution in [0.15, 0.2) is 29.4 Å². The maximum atomic E-state index is 11.7. The number of pyridine rings is 1. The summed E-state index contributed by atoms with van der Waals surface area (Å²) < 4.78 is 25.6. The standard InChI is InChI=1S/C10H12N2O3S/c1-10(4-5-10)9(13)12-16(14,15)8-3-2-6-11-7-8/h2-3,6-7H,4-5H2,1H3,(H,12,13). The summed E-state index contributed by atoms with van der Waals surface area (Å²) in [6.45, 7) is 1.75. The van der Waals surface area contributed by atoms with E-state index in [1.54, 1.807) is 6.92 Å². The molecule has 6 heteroatoms. The molecule has 0 aromatic carbocycles. The molecule has 0 bridgehead atoms. The van der Waals surface area contributed by atoms with E-state index >= 15 is 0 Å². The molecule has 1 N–H and O–H groups in total. The van der Waals surface area contributed by atoms with Gasteiger partial charge in [0, 0.05) is 17.8 Å². The largest absolute Gasteiger partial charge is 0.273 e. The van der Waals surface area contributed by atoms with Gasteiger partial charge in [0.05, 0.1) is 0 Å². The molecule has 1 aromatic heterocycles. The van der Waals surface area contributed by atoms with Crippen molar-refractivity contribution in [1.82, 2.24) is 9.71 Å². The van der Waals surface area contributed by atoms with Gasteiger partial charge in [-0.05, 0) is 25.0 Å². The SMILES string of the molecule is CC1(C(=O)NS(=O)(=O)c2cccnc2)CC1. The Morgan fingerprint density at radius 3 is 2.69 bits per heavy atom. The zero-order valence-corrected chi connectivity index (χ0v) is 9.62. The summed E-state index contributed by atoms with van der Waals surface area (Å²) in [5, 5.41) is 0. The van der Waals surface area contributed by atoms with Crippen LogP contribution in [0.5, 0.6) is 0 Å². The topological polar surface area (TPSA) is 76.1 Å². The van der Waals surface area contributed by atoms with E-state index in [9.17, 15) is 13.2 Å². The van der Waals surface area contributed by atoms with E-state index < -0.39 is 21.3 Å². The van der Waals surface area contributed by atoms with Gasteiger partial charge in [-0.15, -0.1) is 0 Å². The maximum Gasteiger partial charge on any atom is 0.265 e. The Morgan fingerprint density at radius 1 is 1.50 bits per heavy atom. The van der Waals surface area contributed by atoms with Crippen LogP contribution in [-0.4, -0.2) is 19.3 Å². The monoisotopic (exact) mass is 240 g/mol. The summed E-state index contributed by atoms with van der Waals surface area (Å²) in [5.74, 6) is -0.434. The average molecular weight is 240 g/mol. The number of hydrogen-bond acceptors (Lipinski definition) is 4. The summed E-state index contributed by atoms with van der Waals surface area (Å²) >= 11 is 0. The van der Waals surface area contributed by atoms with E-state index in [1.807, 2.05) is 0 Å². The van der Waals surface area contributed by atoms with Crippen molar-refractivity contribution in [2.75, 3.05) is 0 Å². The van der Waals surface area contributed by atoms with Crippen LogP contribution in [0.4, 0.5) is 0 Å². The molecule has 1 heterocycles. The fourth-order valence-electron chi connectivity index (χ4n) is 1.22. The van der Waals surface area contributed by atoms with Gasteiger partial charge in [0.2, 0.25) is 5.91 Å². The lowest BCUT2D eigenvalue weighted by atomic mass is 10.1. The van der Waals surface area contributed by atoms with E-state index in [2.05, 4.69) is 9.71 Å². The lowest BCUT2D eigenvalue weighted by molar-refractivity contribution is -0.123. The highest BCUT2D eigenvalue weighted by Crippen LogP contribution is 2.45. The molecule has 1 saturated carbocycles. The van der Waals surface area contributed by atoms with Crippen LogP contribution in [0.1, 0.15) is 19.8 Å². The van der Waals surface area contributed by atoms with Crippen molar-refractivity contribution >= 4 is 15.9 Å². The zero-order chi connectivity index (χ0) is 11.8. The van der Waals surface area contributed by atoms with Crippen molar-refractivity contribution in [3.05, 3.63) is 24.5 Å². The summed E-state index contributed by atoms with van der Waals surface area (Å²) in [5.41, 5.74) is -0.505. The molecule has 1 aliphatic carbocycles. The second-order valence-corrected chi connectivity index (χ2v) is 5.87. The van der Waals surface area contributed by atoms with Crippen LogP contribution in [0.2, 0.25) is 0 Å². The van der Waals surface area contributed by atoms with Crippen molar-refractivity contribution in [2.45, 2.75) is 24.7 Å². The van der Waals surface area contributed by atoms with E-state index in [-0.39, 0.29) is 4.90 Å². The Morgan fingerprint density at radius 2 is 2.19 bits per heavy atom. The molecule has 0 unspecified atom stereocenters. The van der Waals surface area contributed by atoms with Gasteiger partial charge in [-0.1, -0.05) is 6.92 Å². The molecule has 1 aromatic rings. The number of hydrogen-bond donors (Lipinski definition) is 1. The third-order valence-corrected chi connectivity index (χ3v) is 4.04. The number of aromatic nitrogens is 1. The molecule has 16 heavy (non-hydrogen) atoms. The lowest BCUT2D eigenvalue weighted by Crippen LogP contribution is -2.35. The summed E-state index contributed by atoms with van der Waals surface area (Å²) in [6.07, 6.45) is 4.16. The Hall–Kier alpha value is -1.43. The van der Waals surface area contributed by atoms with Crippen molar-refractivity contribution in [1.29, 1.82) is 0 Å². The highest BCUT2D eigenvalue weighted by atomic mass is 32.2. The average Bonchev–Trinajstić information content (AvgIpc) is 2.99. The maximum absolute atomic E-state index is 11.7. The van der Waals surface area contributed by atoms with Gasteiger partial charge >= 0.3 is 0 Å². The number of nitrogens with one attached hydrogen (secondary N) is 1. The molecule has 1 amide bonds. The van der Waals surface area contributed by atoms with Gasteiger partial charge in [0.25, 0.3) is 10.0 Å². The summed E-state index contributed by atoms with van der Waals surface area (Å²) in [6, 6.07) is 2.91. The quantitative estimate of drug-likeness (QED) is 0.843. The van der Waals surface area contributed by atoms with E-state index in [4.69, 9.17) is 0 Å². The molecule has 0 aliphatic heterocycles. The van der Waals surface area contributed by atoms with Gasteiger partial charge < -0.3 is 0 Å². The number of nitrogens with zero attached hydrogens (tertiary/aromatic N) is 1. The first-order valence-corrected chi connectivity index (χ1v) is 6.40. The third-order valence-electron chi connectivity index (χ3n) is 2.72. The van der Waals surface area contributed by atoms with Gasteiger partial charge in [-0.25, -0.2) is 13.1 Å². The molecule has 0 radical (unpaired) electrons. The van der Waals surface area contributed by atoms with Crippen LogP contribution >= 0.6 is 0 Å². The third kappa shape index (κ3) is 2.06. The second kappa shape index (κ2) is 3.55. The number of carbonyl (C=O) groups excluding carboxylic acids is 1. The molecular weight excluding hydrogens is 228 g/mol. The molecule has 0 spiro atoms. The number of rotatable bonds is 3. The molecule has 1 fully saturated rings. The first-order chi connectivity index (χ1) is 7.44. The summed E-state index contributed by atoms with van der Waals surface area (Å²) in [4.78, 5) is 15.3. The fourth-order valence-corrected chi connectivity index (χ4v) is 2.29. The molecule has 2 rings (SSSR count). The molecular formula is C10H12N2O3S.